The van der Waals surface area contributed by atoms with Gasteiger partial charge in [0.1, 0.15) is 0 Å². The number of rotatable bonds is 4. The summed E-state index contributed by atoms with van der Waals surface area (Å²) in [4.78, 5) is 10.8. The fraction of sp³-hybridized carbons (Fsp3) is 0.571. The molecule has 0 aliphatic heterocycles. The molecule has 0 atom stereocenters. The van der Waals surface area contributed by atoms with Crippen molar-refractivity contribution >= 4 is 18.3 Å². The van der Waals surface area contributed by atoms with Crippen molar-refractivity contribution in [2.24, 2.45) is 5.73 Å². The molecule has 0 bridgehead atoms. The summed E-state index contributed by atoms with van der Waals surface area (Å²) in [6, 6.07) is 0. The largest absolute Gasteiger partial charge is 0.412 e. The highest BCUT2D eigenvalue weighted by atomic mass is 35.5. The fourth-order valence-electron chi connectivity index (χ4n) is 0.455. The first kappa shape index (κ1) is 17.5. The van der Waals surface area contributed by atoms with Crippen LogP contribution in [0.1, 0.15) is 13.3 Å². The molecule has 0 saturated heterocycles. The van der Waals surface area contributed by atoms with Crippen LogP contribution in [0.15, 0.2) is 12.2 Å². The third-order valence-corrected chi connectivity index (χ3v) is 1.05. The lowest BCUT2D eigenvalue weighted by Gasteiger charge is -2.01. The maximum Gasteiger partial charge on any atom is 0.246 e. The molecule has 0 radical (unpaired) electrons. The van der Waals surface area contributed by atoms with E-state index in [-0.39, 0.29) is 23.8 Å². The zero-order valence-electron chi connectivity index (χ0n) is 7.22. The zero-order valence-corrected chi connectivity index (χ0v) is 8.04. The average molecular weight is 197 g/mol. The lowest BCUT2D eigenvalue weighted by atomic mass is 10.3. The van der Waals surface area contributed by atoms with Gasteiger partial charge in [0.2, 0.25) is 5.91 Å². The molecule has 0 aromatic rings. The Balaban J connectivity index is -0.000000405. The maximum absolute atomic E-state index is 10.8. The van der Waals surface area contributed by atoms with Gasteiger partial charge in [-0.1, -0.05) is 6.58 Å². The van der Waals surface area contributed by atoms with Gasteiger partial charge >= 0.3 is 0 Å². The number of amides is 1. The quantitative estimate of drug-likeness (QED) is 0.475. The number of nitrogens with one attached hydrogen (secondary N) is 1. The standard InChI is InChI=1S/C7H14N2O.ClH.H2O/c1-6(2)7(10)9-5-3-4-8;;/h1,3-5,8H2,2H3,(H,9,10);1H;1H2. The summed E-state index contributed by atoms with van der Waals surface area (Å²) < 4.78 is 0. The number of hydrogen-bond acceptors (Lipinski definition) is 2. The van der Waals surface area contributed by atoms with E-state index in [1.54, 1.807) is 6.92 Å². The molecular weight excluding hydrogens is 180 g/mol. The molecule has 0 aliphatic rings. The Morgan fingerprint density at radius 2 is 2.08 bits per heavy atom. The highest BCUT2D eigenvalue weighted by Gasteiger charge is 1.97. The van der Waals surface area contributed by atoms with E-state index in [1.165, 1.54) is 0 Å². The number of hydrogen-bond donors (Lipinski definition) is 2. The number of halogens is 1. The third-order valence-electron chi connectivity index (χ3n) is 1.05. The van der Waals surface area contributed by atoms with E-state index in [0.717, 1.165) is 6.42 Å². The van der Waals surface area contributed by atoms with Gasteiger partial charge in [0.25, 0.3) is 0 Å². The van der Waals surface area contributed by atoms with Crippen LogP contribution in [0.4, 0.5) is 0 Å². The summed E-state index contributed by atoms with van der Waals surface area (Å²) >= 11 is 0. The monoisotopic (exact) mass is 196 g/mol. The van der Waals surface area contributed by atoms with Gasteiger partial charge in [0, 0.05) is 12.1 Å². The molecule has 0 aliphatic carbocycles. The van der Waals surface area contributed by atoms with Crippen LogP contribution >= 0.6 is 12.4 Å². The van der Waals surface area contributed by atoms with E-state index in [0.29, 0.717) is 18.7 Å². The van der Waals surface area contributed by atoms with E-state index in [2.05, 4.69) is 11.9 Å². The van der Waals surface area contributed by atoms with Gasteiger partial charge < -0.3 is 16.5 Å². The molecule has 1 amide bonds. The van der Waals surface area contributed by atoms with E-state index >= 15 is 0 Å². The summed E-state index contributed by atoms with van der Waals surface area (Å²) in [6.45, 7) is 6.42. The van der Waals surface area contributed by atoms with Crippen molar-refractivity contribution in [2.75, 3.05) is 13.1 Å². The first-order valence-electron chi connectivity index (χ1n) is 3.32. The molecule has 0 spiro atoms. The van der Waals surface area contributed by atoms with Crippen molar-refractivity contribution in [3.8, 4) is 0 Å². The minimum absolute atomic E-state index is 0. The van der Waals surface area contributed by atoms with Gasteiger partial charge in [0.15, 0.2) is 0 Å². The minimum Gasteiger partial charge on any atom is -0.412 e. The maximum atomic E-state index is 10.8. The number of carbonyl (C=O) groups excluding carboxylic acids is 1. The normalized spacial score (nSPS) is 7.50. The van der Waals surface area contributed by atoms with Crippen molar-refractivity contribution < 1.29 is 10.3 Å². The van der Waals surface area contributed by atoms with Crippen LogP contribution in [0.3, 0.4) is 0 Å². The van der Waals surface area contributed by atoms with Crippen LogP contribution in [0.5, 0.6) is 0 Å². The second-order valence-corrected chi connectivity index (χ2v) is 2.18. The van der Waals surface area contributed by atoms with Crippen molar-refractivity contribution in [1.82, 2.24) is 5.32 Å². The predicted molar refractivity (Wildman–Crippen MR) is 52.4 cm³/mol. The van der Waals surface area contributed by atoms with Crippen molar-refractivity contribution in [1.29, 1.82) is 0 Å². The number of nitrogens with two attached hydrogens (primary N) is 1. The minimum atomic E-state index is -0.0894. The molecule has 74 valence electrons. The predicted octanol–water partition coefficient (Wildman–Crippen LogP) is -0.375. The molecule has 0 heterocycles. The average Bonchev–Trinajstić information content (AvgIpc) is 1.88. The molecule has 0 saturated carbocycles. The lowest BCUT2D eigenvalue weighted by molar-refractivity contribution is -0.117. The van der Waals surface area contributed by atoms with E-state index < -0.39 is 0 Å². The molecule has 0 unspecified atom stereocenters. The van der Waals surface area contributed by atoms with E-state index in [1.807, 2.05) is 0 Å². The SMILES string of the molecule is C=C(C)C(=O)NCCCN.Cl.O. The molecular formula is C7H17ClN2O2. The zero-order chi connectivity index (χ0) is 7.98. The Labute approximate surface area is 78.9 Å². The van der Waals surface area contributed by atoms with E-state index in [4.69, 9.17) is 5.73 Å². The first-order chi connectivity index (χ1) is 4.68. The summed E-state index contributed by atoms with van der Waals surface area (Å²) in [5.41, 5.74) is 5.76. The van der Waals surface area contributed by atoms with E-state index in [9.17, 15) is 4.79 Å². The number of carbonyl (C=O) groups is 1. The second-order valence-electron chi connectivity index (χ2n) is 2.18. The first-order valence-corrected chi connectivity index (χ1v) is 3.32. The molecule has 0 aromatic heterocycles. The molecule has 5 heteroatoms. The molecule has 12 heavy (non-hydrogen) atoms. The Kier molecular flexibility index (Phi) is 15.2. The van der Waals surface area contributed by atoms with Crippen LogP contribution in [0, 0.1) is 0 Å². The van der Waals surface area contributed by atoms with Crippen LogP contribution in [0.25, 0.3) is 0 Å². The highest BCUT2D eigenvalue weighted by molar-refractivity contribution is 5.91. The highest BCUT2D eigenvalue weighted by Crippen LogP contribution is 1.84. The third kappa shape index (κ3) is 9.42. The molecule has 5 N–H and O–H groups in total. The summed E-state index contributed by atoms with van der Waals surface area (Å²) in [5, 5.41) is 2.66. The van der Waals surface area contributed by atoms with Crippen molar-refractivity contribution in [2.45, 2.75) is 13.3 Å². The van der Waals surface area contributed by atoms with Crippen molar-refractivity contribution in [3.05, 3.63) is 12.2 Å². The van der Waals surface area contributed by atoms with Gasteiger partial charge in [-0.2, -0.15) is 0 Å². The topological polar surface area (TPSA) is 86.6 Å². The molecule has 0 rings (SSSR count). The summed E-state index contributed by atoms with van der Waals surface area (Å²) in [6.07, 6.45) is 0.818. The Morgan fingerprint density at radius 3 is 2.42 bits per heavy atom. The lowest BCUT2D eigenvalue weighted by Crippen LogP contribution is -2.26. The summed E-state index contributed by atoms with van der Waals surface area (Å²) in [5.74, 6) is -0.0894. The van der Waals surface area contributed by atoms with Gasteiger partial charge in [-0.05, 0) is 19.9 Å². The molecule has 4 nitrogen and oxygen atoms in total. The van der Waals surface area contributed by atoms with Crippen LogP contribution in [-0.2, 0) is 4.79 Å². The molecule has 0 aromatic carbocycles. The van der Waals surface area contributed by atoms with Gasteiger partial charge in [-0.15, -0.1) is 12.4 Å². The van der Waals surface area contributed by atoms with Crippen LogP contribution in [-0.4, -0.2) is 24.5 Å². The van der Waals surface area contributed by atoms with Crippen molar-refractivity contribution in [3.63, 3.8) is 0 Å². The molecule has 0 fully saturated rings. The second kappa shape index (κ2) is 10.4. The van der Waals surface area contributed by atoms with Crippen LogP contribution in [0.2, 0.25) is 0 Å². The Bertz CT molecular complexity index is 139. The fourth-order valence-corrected chi connectivity index (χ4v) is 0.455. The van der Waals surface area contributed by atoms with Gasteiger partial charge in [-0.25, -0.2) is 0 Å². The summed E-state index contributed by atoms with van der Waals surface area (Å²) in [7, 11) is 0. The van der Waals surface area contributed by atoms with Crippen LogP contribution < -0.4 is 11.1 Å². The Morgan fingerprint density at radius 1 is 1.58 bits per heavy atom. The smallest absolute Gasteiger partial charge is 0.246 e. The Hall–Kier alpha value is -0.580. The van der Waals surface area contributed by atoms with Gasteiger partial charge in [0.05, 0.1) is 0 Å². The van der Waals surface area contributed by atoms with Gasteiger partial charge in [-0.3, -0.25) is 4.79 Å².